The van der Waals surface area contributed by atoms with Crippen molar-refractivity contribution in [1.29, 1.82) is 0 Å². The molecule has 0 aliphatic rings. The number of nitrogens with one attached hydrogen (secondary N) is 1. The lowest BCUT2D eigenvalue weighted by molar-refractivity contribution is 0.0951. The molecule has 0 saturated heterocycles. The SMILES string of the molecule is O=C(NCc1cccs1)c1cc(S)ccc1Cl. The average Bonchev–Trinajstić information content (AvgIpc) is 2.82. The summed E-state index contributed by atoms with van der Waals surface area (Å²) in [6.07, 6.45) is 0. The molecule has 1 heterocycles. The third-order valence-corrected chi connectivity index (χ3v) is 3.68. The lowest BCUT2D eigenvalue weighted by Gasteiger charge is -2.06. The second kappa shape index (κ2) is 5.58. The standard InChI is InChI=1S/C12H10ClNOS2/c13-11-4-3-8(16)6-10(11)12(15)14-7-9-2-1-5-17-9/h1-6,16H,7H2,(H,14,15). The first-order chi connectivity index (χ1) is 8.16. The molecule has 1 aromatic heterocycles. The fourth-order valence-electron chi connectivity index (χ4n) is 1.36. The van der Waals surface area contributed by atoms with Crippen molar-refractivity contribution in [3.63, 3.8) is 0 Å². The zero-order chi connectivity index (χ0) is 12.3. The Labute approximate surface area is 114 Å². The van der Waals surface area contributed by atoms with Crippen LogP contribution in [0, 0.1) is 0 Å². The van der Waals surface area contributed by atoms with E-state index in [0.29, 0.717) is 17.1 Å². The predicted molar refractivity (Wildman–Crippen MR) is 74.2 cm³/mol. The van der Waals surface area contributed by atoms with Crippen LogP contribution in [0.1, 0.15) is 15.2 Å². The fourth-order valence-corrected chi connectivity index (χ4v) is 2.41. The van der Waals surface area contributed by atoms with Gasteiger partial charge in [-0.3, -0.25) is 4.79 Å². The summed E-state index contributed by atoms with van der Waals surface area (Å²) in [4.78, 5) is 13.7. The quantitative estimate of drug-likeness (QED) is 0.828. The first-order valence-corrected chi connectivity index (χ1v) is 6.66. The van der Waals surface area contributed by atoms with Crippen molar-refractivity contribution in [3.05, 3.63) is 51.2 Å². The molecule has 0 atom stereocenters. The van der Waals surface area contributed by atoms with E-state index in [2.05, 4.69) is 17.9 Å². The minimum atomic E-state index is -0.181. The molecule has 1 amide bonds. The number of carbonyl (C=O) groups is 1. The summed E-state index contributed by atoms with van der Waals surface area (Å²) in [5, 5.41) is 5.23. The molecule has 88 valence electrons. The van der Waals surface area contributed by atoms with E-state index in [1.54, 1.807) is 29.5 Å². The molecule has 1 N–H and O–H groups in total. The third-order valence-electron chi connectivity index (χ3n) is 2.20. The molecule has 0 unspecified atom stereocenters. The number of rotatable bonds is 3. The van der Waals surface area contributed by atoms with Gasteiger partial charge in [-0.25, -0.2) is 0 Å². The Bertz CT molecular complexity index is 525. The van der Waals surface area contributed by atoms with Crippen molar-refractivity contribution in [2.45, 2.75) is 11.4 Å². The second-order valence-corrected chi connectivity index (χ2v) is 5.38. The fraction of sp³-hybridized carbons (Fsp3) is 0.0833. The van der Waals surface area contributed by atoms with Gasteiger partial charge in [-0.05, 0) is 29.6 Å². The Morgan fingerprint density at radius 1 is 1.41 bits per heavy atom. The topological polar surface area (TPSA) is 29.1 Å². The van der Waals surface area contributed by atoms with E-state index in [0.717, 1.165) is 9.77 Å². The molecule has 0 aliphatic heterocycles. The molecule has 0 saturated carbocycles. The molecular formula is C12H10ClNOS2. The van der Waals surface area contributed by atoms with E-state index in [4.69, 9.17) is 11.6 Å². The van der Waals surface area contributed by atoms with Crippen LogP contribution < -0.4 is 5.32 Å². The molecule has 2 rings (SSSR count). The van der Waals surface area contributed by atoms with Gasteiger partial charge in [0.2, 0.25) is 0 Å². The molecule has 0 radical (unpaired) electrons. The van der Waals surface area contributed by atoms with Crippen molar-refractivity contribution in [3.8, 4) is 0 Å². The minimum absolute atomic E-state index is 0.181. The van der Waals surface area contributed by atoms with E-state index in [1.807, 2.05) is 17.5 Å². The van der Waals surface area contributed by atoms with Crippen molar-refractivity contribution in [1.82, 2.24) is 5.32 Å². The summed E-state index contributed by atoms with van der Waals surface area (Å²) in [6.45, 7) is 0.517. The molecule has 0 fully saturated rings. The molecule has 2 nitrogen and oxygen atoms in total. The van der Waals surface area contributed by atoms with Gasteiger partial charge in [-0.1, -0.05) is 17.7 Å². The van der Waals surface area contributed by atoms with Crippen LogP contribution in [-0.2, 0) is 6.54 Å². The lowest BCUT2D eigenvalue weighted by atomic mass is 10.2. The number of hydrogen-bond donors (Lipinski definition) is 2. The second-order valence-electron chi connectivity index (χ2n) is 3.43. The number of thiophene rings is 1. The zero-order valence-electron chi connectivity index (χ0n) is 8.81. The molecule has 0 bridgehead atoms. The summed E-state index contributed by atoms with van der Waals surface area (Å²) >= 11 is 11.8. The molecular weight excluding hydrogens is 274 g/mol. The van der Waals surface area contributed by atoms with Gasteiger partial charge in [0.1, 0.15) is 0 Å². The van der Waals surface area contributed by atoms with E-state index >= 15 is 0 Å². The molecule has 2 aromatic rings. The number of thiol groups is 1. The van der Waals surface area contributed by atoms with Crippen molar-refractivity contribution < 1.29 is 4.79 Å². The van der Waals surface area contributed by atoms with Crippen LogP contribution in [0.15, 0.2) is 40.6 Å². The average molecular weight is 284 g/mol. The van der Waals surface area contributed by atoms with Crippen LogP contribution >= 0.6 is 35.6 Å². The molecule has 0 aliphatic carbocycles. The highest BCUT2D eigenvalue weighted by Crippen LogP contribution is 2.19. The van der Waals surface area contributed by atoms with E-state index in [1.165, 1.54) is 0 Å². The van der Waals surface area contributed by atoms with Crippen LogP contribution in [0.4, 0.5) is 0 Å². The van der Waals surface area contributed by atoms with Crippen molar-refractivity contribution >= 4 is 41.5 Å². The van der Waals surface area contributed by atoms with E-state index < -0.39 is 0 Å². The van der Waals surface area contributed by atoms with Crippen molar-refractivity contribution in [2.24, 2.45) is 0 Å². The maximum atomic E-state index is 11.9. The zero-order valence-corrected chi connectivity index (χ0v) is 11.3. The number of hydrogen-bond acceptors (Lipinski definition) is 3. The van der Waals surface area contributed by atoms with E-state index in [9.17, 15) is 4.79 Å². The number of carbonyl (C=O) groups excluding carboxylic acids is 1. The van der Waals surface area contributed by atoms with Gasteiger partial charge in [-0.2, -0.15) is 0 Å². The van der Waals surface area contributed by atoms with Crippen LogP contribution in [0.2, 0.25) is 5.02 Å². The maximum absolute atomic E-state index is 11.9. The summed E-state index contributed by atoms with van der Waals surface area (Å²) in [5.74, 6) is -0.181. The minimum Gasteiger partial charge on any atom is -0.347 e. The Hall–Kier alpha value is -0.970. The van der Waals surface area contributed by atoms with Gasteiger partial charge in [0.25, 0.3) is 5.91 Å². The first-order valence-electron chi connectivity index (χ1n) is 4.96. The van der Waals surface area contributed by atoms with Gasteiger partial charge in [0, 0.05) is 9.77 Å². The van der Waals surface area contributed by atoms with Gasteiger partial charge in [0.15, 0.2) is 0 Å². The Kier molecular flexibility index (Phi) is 4.10. The molecule has 1 aromatic carbocycles. The number of halogens is 1. The van der Waals surface area contributed by atoms with Crippen LogP contribution in [-0.4, -0.2) is 5.91 Å². The highest BCUT2D eigenvalue weighted by Gasteiger charge is 2.10. The Balaban J connectivity index is 2.07. The summed E-state index contributed by atoms with van der Waals surface area (Å²) in [5.41, 5.74) is 0.454. The largest absolute Gasteiger partial charge is 0.347 e. The normalized spacial score (nSPS) is 10.2. The molecule has 17 heavy (non-hydrogen) atoms. The van der Waals surface area contributed by atoms with Gasteiger partial charge in [-0.15, -0.1) is 24.0 Å². The molecule has 0 spiro atoms. The molecule has 5 heteroatoms. The van der Waals surface area contributed by atoms with Crippen LogP contribution in [0.25, 0.3) is 0 Å². The van der Waals surface area contributed by atoms with Crippen LogP contribution in [0.3, 0.4) is 0 Å². The highest BCUT2D eigenvalue weighted by atomic mass is 35.5. The summed E-state index contributed by atoms with van der Waals surface area (Å²) in [6, 6.07) is 9.01. The lowest BCUT2D eigenvalue weighted by Crippen LogP contribution is -2.22. The van der Waals surface area contributed by atoms with Crippen molar-refractivity contribution in [2.75, 3.05) is 0 Å². The maximum Gasteiger partial charge on any atom is 0.253 e. The first kappa shape index (κ1) is 12.5. The Morgan fingerprint density at radius 2 is 2.24 bits per heavy atom. The van der Waals surface area contributed by atoms with Crippen LogP contribution in [0.5, 0.6) is 0 Å². The summed E-state index contributed by atoms with van der Waals surface area (Å²) < 4.78 is 0. The number of amides is 1. The number of benzene rings is 1. The summed E-state index contributed by atoms with van der Waals surface area (Å²) in [7, 11) is 0. The Morgan fingerprint density at radius 3 is 2.94 bits per heavy atom. The predicted octanol–water partition coefficient (Wildman–Crippen LogP) is 3.62. The van der Waals surface area contributed by atoms with Gasteiger partial charge in [0.05, 0.1) is 17.1 Å². The van der Waals surface area contributed by atoms with Gasteiger partial charge < -0.3 is 5.32 Å². The monoisotopic (exact) mass is 283 g/mol. The highest BCUT2D eigenvalue weighted by molar-refractivity contribution is 7.80. The smallest absolute Gasteiger partial charge is 0.253 e. The third kappa shape index (κ3) is 3.25. The van der Waals surface area contributed by atoms with E-state index in [-0.39, 0.29) is 5.91 Å². The van der Waals surface area contributed by atoms with Gasteiger partial charge >= 0.3 is 0 Å².